The third-order valence-corrected chi connectivity index (χ3v) is 8.37. The van der Waals surface area contributed by atoms with E-state index in [4.69, 9.17) is 0 Å². The van der Waals surface area contributed by atoms with Crippen molar-refractivity contribution in [3.63, 3.8) is 0 Å². The van der Waals surface area contributed by atoms with E-state index in [2.05, 4.69) is 46.8 Å². The number of aromatic nitrogens is 2. The minimum atomic E-state index is -0.324. The Morgan fingerprint density at radius 3 is 2.12 bits per heavy atom. The van der Waals surface area contributed by atoms with E-state index in [-0.39, 0.29) is 11.8 Å². The predicted molar refractivity (Wildman–Crippen MR) is 172 cm³/mol. The molecule has 0 unspecified atom stereocenters. The summed E-state index contributed by atoms with van der Waals surface area (Å²) in [7, 11) is 0. The lowest BCUT2D eigenvalue weighted by molar-refractivity contribution is 0.0926. The van der Waals surface area contributed by atoms with Gasteiger partial charge in [-0.1, -0.05) is 78.9 Å². The first kappa shape index (κ1) is 24.9. The number of amides is 2. The maximum atomic E-state index is 14.2. The van der Waals surface area contributed by atoms with Gasteiger partial charge in [0.2, 0.25) is 0 Å². The molecular formula is C38H25N3O2. The average molecular weight is 556 g/mol. The zero-order valence-electron chi connectivity index (χ0n) is 23.4. The number of carbonyl (C=O) groups excluding carboxylic acids is 2. The summed E-state index contributed by atoms with van der Waals surface area (Å²) >= 11 is 0. The Kier molecular flexibility index (Phi) is 5.59. The number of para-hydroxylation sites is 1. The number of carbonyl (C=O) groups is 2. The summed E-state index contributed by atoms with van der Waals surface area (Å²) in [5, 5.41) is 2.16. The lowest BCUT2D eigenvalue weighted by Crippen LogP contribution is -2.29. The molecule has 43 heavy (non-hydrogen) atoms. The molecule has 5 heteroatoms. The lowest BCUT2D eigenvalue weighted by Gasteiger charge is -2.15. The molecule has 0 fully saturated rings. The number of imide groups is 1. The van der Waals surface area contributed by atoms with Crippen molar-refractivity contribution < 1.29 is 9.59 Å². The molecule has 5 aromatic carbocycles. The fourth-order valence-electron chi connectivity index (χ4n) is 6.32. The monoisotopic (exact) mass is 555 g/mol. The van der Waals surface area contributed by atoms with Crippen LogP contribution in [-0.2, 0) is 0 Å². The molecule has 5 nitrogen and oxygen atoms in total. The van der Waals surface area contributed by atoms with Gasteiger partial charge in [0.25, 0.3) is 11.8 Å². The first-order chi connectivity index (χ1) is 21.1. The number of fused-ring (bicyclic) bond motifs is 4. The molecule has 0 radical (unpaired) electrons. The molecule has 0 saturated carbocycles. The normalized spacial score (nSPS) is 12.8. The second kappa shape index (κ2) is 9.64. The minimum absolute atomic E-state index is 0.317. The molecule has 204 valence electrons. The second-order valence-corrected chi connectivity index (χ2v) is 10.8. The van der Waals surface area contributed by atoms with Crippen LogP contribution in [0.4, 0.5) is 5.69 Å². The van der Waals surface area contributed by atoms with Crippen molar-refractivity contribution in [2.75, 3.05) is 4.90 Å². The van der Waals surface area contributed by atoms with Crippen LogP contribution >= 0.6 is 0 Å². The highest BCUT2D eigenvalue weighted by molar-refractivity contribution is 6.35. The number of anilines is 1. The molecular weight excluding hydrogens is 530 g/mol. The van der Waals surface area contributed by atoms with Crippen molar-refractivity contribution in [2.45, 2.75) is 6.92 Å². The zero-order chi connectivity index (χ0) is 29.1. The van der Waals surface area contributed by atoms with E-state index in [0.717, 1.165) is 49.6 Å². The number of rotatable bonds is 4. The van der Waals surface area contributed by atoms with Gasteiger partial charge >= 0.3 is 0 Å². The van der Waals surface area contributed by atoms with Crippen LogP contribution in [0.25, 0.3) is 49.7 Å². The number of nitrogens with zero attached hydrogens (tertiary/aromatic N) is 3. The molecule has 0 atom stereocenters. The molecule has 2 amide bonds. The van der Waals surface area contributed by atoms with Crippen molar-refractivity contribution >= 4 is 39.3 Å². The molecule has 0 aliphatic carbocycles. The van der Waals surface area contributed by atoms with Gasteiger partial charge in [0.05, 0.1) is 33.5 Å². The van der Waals surface area contributed by atoms with Crippen molar-refractivity contribution in [1.29, 1.82) is 0 Å². The molecule has 0 bridgehead atoms. The van der Waals surface area contributed by atoms with Crippen molar-refractivity contribution in [3.05, 3.63) is 150 Å². The maximum absolute atomic E-state index is 14.2. The van der Waals surface area contributed by atoms with Crippen LogP contribution in [0.3, 0.4) is 0 Å². The van der Waals surface area contributed by atoms with Gasteiger partial charge in [0.15, 0.2) is 0 Å². The first-order valence-corrected chi connectivity index (χ1v) is 14.2. The van der Waals surface area contributed by atoms with E-state index in [0.29, 0.717) is 22.5 Å². The summed E-state index contributed by atoms with van der Waals surface area (Å²) in [5.74, 6) is -0.640. The van der Waals surface area contributed by atoms with Gasteiger partial charge in [-0.05, 0) is 77.2 Å². The van der Waals surface area contributed by atoms with E-state index in [1.807, 2.05) is 91.1 Å². The van der Waals surface area contributed by atoms with Crippen LogP contribution in [0.5, 0.6) is 0 Å². The lowest BCUT2D eigenvalue weighted by atomic mass is 10.0. The standard InChI is InChI=1S/C38H25N3O2/c1-24-23-39-21-20-29(24)27-16-19-31-30-10-5-6-12-33(30)41(35(31)22-27)34-13-7-11-32-36(34)38(43)40(37(32)42)28-17-14-26(15-18-28)25-8-3-2-4-9-25/h2-23H,1H3. The maximum Gasteiger partial charge on any atom is 0.268 e. The Morgan fingerprint density at radius 1 is 0.581 bits per heavy atom. The van der Waals surface area contributed by atoms with Crippen LogP contribution in [0.15, 0.2) is 134 Å². The zero-order valence-corrected chi connectivity index (χ0v) is 23.4. The number of benzene rings is 5. The van der Waals surface area contributed by atoms with Crippen LogP contribution in [0.2, 0.25) is 0 Å². The molecule has 2 aromatic heterocycles. The smallest absolute Gasteiger partial charge is 0.268 e. The first-order valence-electron chi connectivity index (χ1n) is 14.2. The summed E-state index contributed by atoms with van der Waals surface area (Å²) in [6.07, 6.45) is 3.67. The predicted octanol–water partition coefficient (Wildman–Crippen LogP) is 8.62. The third kappa shape index (κ3) is 3.82. The SMILES string of the molecule is Cc1cnccc1-c1ccc2c3ccccc3n(-c3cccc4c3C(=O)N(c3ccc(-c5ccccc5)cc3)C4=O)c2c1. The van der Waals surface area contributed by atoms with E-state index < -0.39 is 0 Å². The summed E-state index contributed by atoms with van der Waals surface area (Å²) in [6.45, 7) is 2.05. The Hall–Kier alpha value is -5.81. The van der Waals surface area contributed by atoms with Gasteiger partial charge in [-0.15, -0.1) is 0 Å². The van der Waals surface area contributed by atoms with Crippen molar-refractivity contribution in [3.8, 4) is 27.9 Å². The molecule has 8 rings (SSSR count). The summed E-state index contributed by atoms with van der Waals surface area (Å²) in [6, 6.07) is 39.8. The third-order valence-electron chi connectivity index (χ3n) is 8.37. The Bertz CT molecular complexity index is 2230. The van der Waals surface area contributed by atoms with Gasteiger partial charge in [0, 0.05) is 23.2 Å². The number of aryl methyl sites for hydroxylation is 1. The number of hydrogen-bond donors (Lipinski definition) is 0. The highest BCUT2D eigenvalue weighted by atomic mass is 16.2. The molecule has 1 aliphatic heterocycles. The number of hydrogen-bond acceptors (Lipinski definition) is 3. The summed E-state index contributed by atoms with van der Waals surface area (Å²) < 4.78 is 2.12. The summed E-state index contributed by atoms with van der Waals surface area (Å²) in [4.78, 5) is 33.5. The molecule has 1 aliphatic rings. The van der Waals surface area contributed by atoms with Crippen LogP contribution < -0.4 is 4.90 Å². The minimum Gasteiger partial charge on any atom is -0.308 e. The van der Waals surface area contributed by atoms with Crippen molar-refractivity contribution in [1.82, 2.24) is 9.55 Å². The van der Waals surface area contributed by atoms with Gasteiger partial charge in [-0.3, -0.25) is 14.6 Å². The van der Waals surface area contributed by atoms with Crippen LogP contribution in [0.1, 0.15) is 26.3 Å². The largest absolute Gasteiger partial charge is 0.308 e. The van der Waals surface area contributed by atoms with Crippen LogP contribution in [-0.4, -0.2) is 21.4 Å². The van der Waals surface area contributed by atoms with Gasteiger partial charge in [-0.2, -0.15) is 0 Å². The quantitative estimate of drug-likeness (QED) is 0.204. The molecule has 0 saturated heterocycles. The second-order valence-electron chi connectivity index (χ2n) is 10.8. The molecule has 0 spiro atoms. The van der Waals surface area contributed by atoms with Crippen LogP contribution in [0, 0.1) is 6.92 Å². The number of pyridine rings is 1. The highest BCUT2D eigenvalue weighted by Gasteiger charge is 2.39. The Morgan fingerprint density at radius 2 is 1.30 bits per heavy atom. The molecule has 0 N–H and O–H groups in total. The van der Waals surface area contributed by atoms with E-state index in [9.17, 15) is 9.59 Å². The topological polar surface area (TPSA) is 55.2 Å². The fraction of sp³-hybridized carbons (Fsp3) is 0.0263. The molecule has 3 heterocycles. The van der Waals surface area contributed by atoms with E-state index in [1.54, 1.807) is 12.3 Å². The van der Waals surface area contributed by atoms with Gasteiger partial charge in [0.1, 0.15) is 0 Å². The molecule has 7 aromatic rings. The Balaban J connectivity index is 1.29. The highest BCUT2D eigenvalue weighted by Crippen LogP contribution is 2.39. The Labute approximate surface area is 248 Å². The van der Waals surface area contributed by atoms with Gasteiger partial charge in [-0.25, -0.2) is 4.90 Å². The summed E-state index contributed by atoms with van der Waals surface area (Å²) in [5.41, 5.74) is 9.33. The van der Waals surface area contributed by atoms with E-state index >= 15 is 0 Å². The van der Waals surface area contributed by atoms with E-state index in [1.165, 1.54) is 4.90 Å². The van der Waals surface area contributed by atoms with Crippen molar-refractivity contribution in [2.24, 2.45) is 0 Å². The average Bonchev–Trinajstić information content (AvgIpc) is 3.52. The van der Waals surface area contributed by atoms with Gasteiger partial charge < -0.3 is 4.57 Å². The fourth-order valence-corrected chi connectivity index (χ4v) is 6.32.